The van der Waals surface area contributed by atoms with Crippen LogP contribution in [0.5, 0.6) is 0 Å². The number of nitrogens with one attached hydrogen (secondary N) is 1. The summed E-state index contributed by atoms with van der Waals surface area (Å²) in [6.45, 7) is 5.36. The molecule has 5 nitrogen and oxygen atoms in total. The van der Waals surface area contributed by atoms with Crippen molar-refractivity contribution in [3.63, 3.8) is 0 Å². The van der Waals surface area contributed by atoms with Crippen LogP contribution in [0.4, 0.5) is 11.4 Å². The lowest BCUT2D eigenvalue weighted by Gasteiger charge is -2.26. The first kappa shape index (κ1) is 22.3. The Balaban J connectivity index is 1.97. The molecule has 0 heterocycles. The first-order chi connectivity index (χ1) is 14.2. The van der Waals surface area contributed by atoms with Gasteiger partial charge in [0.2, 0.25) is 5.91 Å². The van der Waals surface area contributed by atoms with E-state index in [0.717, 1.165) is 20.3 Å². The second-order valence-corrected chi connectivity index (χ2v) is 10.3. The van der Waals surface area contributed by atoms with E-state index in [2.05, 4.69) is 27.9 Å². The molecule has 0 unspecified atom stereocenters. The Labute approximate surface area is 191 Å². The summed E-state index contributed by atoms with van der Waals surface area (Å²) in [5.74, 6) is -0.410. The minimum Gasteiger partial charge on any atom is -0.325 e. The van der Waals surface area contributed by atoms with Crippen LogP contribution in [0.25, 0.3) is 0 Å². The van der Waals surface area contributed by atoms with Gasteiger partial charge in [0.05, 0.1) is 10.6 Å². The normalized spacial score (nSPS) is 11.2. The van der Waals surface area contributed by atoms with Crippen molar-refractivity contribution in [3.8, 4) is 0 Å². The largest absolute Gasteiger partial charge is 0.325 e. The Morgan fingerprint density at radius 3 is 2.10 bits per heavy atom. The fourth-order valence-corrected chi connectivity index (χ4v) is 4.93. The predicted molar refractivity (Wildman–Crippen MR) is 129 cm³/mol. The highest BCUT2D eigenvalue weighted by molar-refractivity contribution is 14.1. The maximum absolute atomic E-state index is 13.5. The van der Waals surface area contributed by atoms with Gasteiger partial charge in [0.25, 0.3) is 10.0 Å². The van der Waals surface area contributed by atoms with Crippen LogP contribution in [0, 0.1) is 24.3 Å². The number of amides is 1. The number of benzene rings is 3. The molecule has 0 atom stereocenters. The number of hydrogen-bond donors (Lipinski definition) is 1. The van der Waals surface area contributed by atoms with Crippen LogP contribution in [0.2, 0.25) is 0 Å². The molecule has 0 aliphatic carbocycles. The molecule has 0 fully saturated rings. The number of carbonyl (C=O) groups is 1. The zero-order valence-electron chi connectivity index (χ0n) is 17.0. The highest BCUT2D eigenvalue weighted by atomic mass is 127. The zero-order valence-corrected chi connectivity index (χ0v) is 20.0. The molecule has 1 N–H and O–H groups in total. The molecular formula is C23H23IN2O3S. The zero-order chi connectivity index (χ0) is 21.9. The number of hydrogen-bond acceptors (Lipinski definition) is 3. The van der Waals surface area contributed by atoms with Crippen molar-refractivity contribution in [2.75, 3.05) is 16.2 Å². The number of halogens is 1. The number of carbonyl (C=O) groups excluding carboxylic acids is 1. The van der Waals surface area contributed by atoms with Crippen molar-refractivity contribution in [1.82, 2.24) is 0 Å². The Morgan fingerprint density at radius 2 is 1.50 bits per heavy atom. The minimum atomic E-state index is -3.93. The van der Waals surface area contributed by atoms with Gasteiger partial charge in [-0.1, -0.05) is 35.4 Å². The van der Waals surface area contributed by atoms with Crippen molar-refractivity contribution < 1.29 is 13.2 Å². The molecule has 0 aliphatic rings. The number of aryl methyl sites for hydroxylation is 3. The summed E-state index contributed by atoms with van der Waals surface area (Å²) in [4.78, 5) is 12.9. The summed E-state index contributed by atoms with van der Waals surface area (Å²) in [7, 11) is -3.93. The first-order valence-electron chi connectivity index (χ1n) is 9.39. The molecule has 0 bridgehead atoms. The average Bonchev–Trinajstić information content (AvgIpc) is 2.69. The highest BCUT2D eigenvalue weighted by Crippen LogP contribution is 2.28. The molecule has 0 spiro atoms. The molecule has 7 heteroatoms. The first-order valence-corrected chi connectivity index (χ1v) is 11.9. The van der Waals surface area contributed by atoms with Gasteiger partial charge in [-0.05, 0) is 91.4 Å². The fourth-order valence-electron chi connectivity index (χ4n) is 3.09. The SMILES string of the molecule is Cc1ccc(S(=O)(=O)N(CC(=O)Nc2ccc(I)cc2)c2ccc(C)cc2C)cc1. The number of anilines is 2. The third kappa shape index (κ3) is 5.20. The average molecular weight is 534 g/mol. The highest BCUT2D eigenvalue weighted by Gasteiger charge is 2.28. The van der Waals surface area contributed by atoms with Gasteiger partial charge in [0.15, 0.2) is 0 Å². The van der Waals surface area contributed by atoms with Crippen molar-refractivity contribution in [2.24, 2.45) is 0 Å². The van der Waals surface area contributed by atoms with E-state index in [1.165, 1.54) is 4.31 Å². The fraction of sp³-hybridized carbons (Fsp3) is 0.174. The van der Waals surface area contributed by atoms with Crippen molar-refractivity contribution in [1.29, 1.82) is 0 Å². The van der Waals surface area contributed by atoms with Crippen LogP contribution in [0.15, 0.2) is 71.6 Å². The van der Waals surface area contributed by atoms with Gasteiger partial charge >= 0.3 is 0 Å². The molecule has 1 amide bonds. The Kier molecular flexibility index (Phi) is 6.82. The van der Waals surface area contributed by atoms with Gasteiger partial charge in [-0.2, -0.15) is 0 Å². The van der Waals surface area contributed by atoms with Crippen LogP contribution in [-0.2, 0) is 14.8 Å². The molecule has 3 rings (SSSR count). The van der Waals surface area contributed by atoms with E-state index >= 15 is 0 Å². The summed E-state index contributed by atoms with van der Waals surface area (Å²) in [5.41, 5.74) is 3.87. The van der Waals surface area contributed by atoms with Gasteiger partial charge in [0, 0.05) is 9.26 Å². The van der Waals surface area contributed by atoms with Crippen LogP contribution >= 0.6 is 22.6 Å². The third-order valence-electron chi connectivity index (χ3n) is 4.65. The summed E-state index contributed by atoms with van der Waals surface area (Å²) in [5, 5.41) is 2.78. The molecular weight excluding hydrogens is 511 g/mol. The smallest absolute Gasteiger partial charge is 0.264 e. The quantitative estimate of drug-likeness (QED) is 0.451. The maximum Gasteiger partial charge on any atom is 0.264 e. The molecule has 30 heavy (non-hydrogen) atoms. The predicted octanol–water partition coefficient (Wildman–Crippen LogP) is 5.05. The molecule has 3 aromatic carbocycles. The number of rotatable bonds is 6. The number of nitrogens with zero attached hydrogens (tertiary/aromatic N) is 1. The molecule has 0 saturated heterocycles. The molecule has 0 aliphatic heterocycles. The van der Waals surface area contributed by atoms with E-state index in [1.54, 1.807) is 42.5 Å². The lowest BCUT2D eigenvalue weighted by atomic mass is 10.1. The second-order valence-electron chi connectivity index (χ2n) is 7.17. The summed E-state index contributed by atoms with van der Waals surface area (Å²) >= 11 is 2.18. The number of sulfonamides is 1. The van der Waals surface area contributed by atoms with Crippen molar-refractivity contribution in [2.45, 2.75) is 25.7 Å². The van der Waals surface area contributed by atoms with Gasteiger partial charge in [0.1, 0.15) is 6.54 Å². The maximum atomic E-state index is 13.5. The topological polar surface area (TPSA) is 66.5 Å². The standard InChI is InChI=1S/C23H23IN2O3S/c1-16-4-11-21(12-5-16)30(28,29)26(22-13-6-17(2)14-18(22)3)15-23(27)25-20-9-7-19(24)8-10-20/h4-14H,15H2,1-3H3,(H,25,27). The Bertz CT molecular complexity index is 1160. The van der Waals surface area contributed by atoms with E-state index in [1.807, 2.05) is 45.0 Å². The van der Waals surface area contributed by atoms with Crippen LogP contribution in [-0.4, -0.2) is 20.9 Å². The summed E-state index contributed by atoms with van der Waals surface area (Å²) in [6, 6.07) is 19.5. The van der Waals surface area contributed by atoms with Gasteiger partial charge in [-0.15, -0.1) is 0 Å². The van der Waals surface area contributed by atoms with E-state index in [4.69, 9.17) is 0 Å². The van der Waals surface area contributed by atoms with Gasteiger partial charge < -0.3 is 5.32 Å². The Morgan fingerprint density at radius 1 is 0.900 bits per heavy atom. The van der Waals surface area contributed by atoms with Crippen LogP contribution in [0.1, 0.15) is 16.7 Å². The lowest BCUT2D eigenvalue weighted by Crippen LogP contribution is -2.38. The monoisotopic (exact) mass is 534 g/mol. The van der Waals surface area contributed by atoms with E-state index in [-0.39, 0.29) is 11.4 Å². The molecule has 0 radical (unpaired) electrons. The molecule has 0 saturated carbocycles. The van der Waals surface area contributed by atoms with E-state index in [9.17, 15) is 13.2 Å². The lowest BCUT2D eigenvalue weighted by molar-refractivity contribution is -0.114. The van der Waals surface area contributed by atoms with Crippen LogP contribution < -0.4 is 9.62 Å². The van der Waals surface area contributed by atoms with Gasteiger partial charge in [-0.3, -0.25) is 9.10 Å². The second kappa shape index (κ2) is 9.18. The summed E-state index contributed by atoms with van der Waals surface area (Å²) in [6.07, 6.45) is 0. The third-order valence-corrected chi connectivity index (χ3v) is 7.14. The van der Waals surface area contributed by atoms with Crippen LogP contribution in [0.3, 0.4) is 0 Å². The minimum absolute atomic E-state index is 0.148. The van der Waals surface area contributed by atoms with Crippen molar-refractivity contribution >= 4 is 49.9 Å². The van der Waals surface area contributed by atoms with Crippen molar-refractivity contribution in [3.05, 3.63) is 87.0 Å². The van der Waals surface area contributed by atoms with E-state index < -0.39 is 15.9 Å². The molecule has 0 aromatic heterocycles. The van der Waals surface area contributed by atoms with Gasteiger partial charge in [-0.25, -0.2) is 8.42 Å². The molecule has 3 aromatic rings. The van der Waals surface area contributed by atoms with E-state index in [0.29, 0.717) is 11.4 Å². The summed E-state index contributed by atoms with van der Waals surface area (Å²) < 4.78 is 29.1. The Hall–Kier alpha value is -2.39. The molecule has 156 valence electrons.